The zero-order valence-electron chi connectivity index (χ0n) is 8.99. The lowest BCUT2D eigenvalue weighted by Crippen LogP contribution is -2.49. The Bertz CT molecular complexity index is 197. The van der Waals surface area contributed by atoms with Crippen LogP contribution in [0.3, 0.4) is 0 Å². The monoisotopic (exact) mass is 200 g/mol. The number of rotatable bonds is 3. The van der Waals surface area contributed by atoms with Gasteiger partial charge in [0, 0.05) is 12.6 Å². The first kappa shape index (κ1) is 11.4. The number of likely N-dealkylation sites (tertiary alicyclic amines) is 1. The minimum Gasteiger partial charge on any atom is -0.305 e. The van der Waals surface area contributed by atoms with Gasteiger partial charge in [-0.05, 0) is 33.5 Å². The van der Waals surface area contributed by atoms with Gasteiger partial charge in [0.1, 0.15) is 0 Å². The number of carbonyl (C=O) groups excluding carboxylic acids is 1. The summed E-state index contributed by atoms with van der Waals surface area (Å²) in [6.45, 7) is 2.58. The van der Waals surface area contributed by atoms with E-state index in [2.05, 4.69) is 22.3 Å². The van der Waals surface area contributed by atoms with Gasteiger partial charge in [-0.1, -0.05) is 0 Å². The first-order valence-corrected chi connectivity index (χ1v) is 5.01. The number of carbonyl (C=O) groups is 1. The van der Waals surface area contributed by atoms with Crippen molar-refractivity contribution < 1.29 is 4.79 Å². The summed E-state index contributed by atoms with van der Waals surface area (Å²) in [6.07, 6.45) is 2.37. The van der Waals surface area contributed by atoms with Gasteiger partial charge in [-0.25, -0.2) is 5.84 Å². The van der Waals surface area contributed by atoms with E-state index in [9.17, 15) is 4.79 Å². The van der Waals surface area contributed by atoms with Gasteiger partial charge < -0.3 is 4.90 Å². The molecule has 0 saturated carbocycles. The van der Waals surface area contributed by atoms with Crippen LogP contribution in [-0.2, 0) is 4.79 Å². The molecule has 3 N–H and O–H groups in total. The second-order valence-corrected chi connectivity index (χ2v) is 4.04. The smallest absolute Gasteiger partial charge is 0.248 e. The van der Waals surface area contributed by atoms with E-state index in [1.54, 1.807) is 0 Å². The number of nitrogens with two attached hydrogens (primary N) is 1. The van der Waals surface area contributed by atoms with Crippen LogP contribution in [0.4, 0.5) is 0 Å². The van der Waals surface area contributed by atoms with Crippen LogP contribution in [0.5, 0.6) is 0 Å². The van der Waals surface area contributed by atoms with Gasteiger partial charge >= 0.3 is 0 Å². The lowest BCUT2D eigenvalue weighted by molar-refractivity contribution is -0.122. The van der Waals surface area contributed by atoms with Crippen LogP contribution in [0.15, 0.2) is 0 Å². The Hall–Kier alpha value is -0.650. The second kappa shape index (κ2) is 5.29. The van der Waals surface area contributed by atoms with E-state index in [1.807, 2.05) is 7.05 Å². The molecular weight excluding hydrogens is 180 g/mol. The van der Waals surface area contributed by atoms with E-state index in [-0.39, 0.29) is 5.91 Å². The molecule has 0 spiro atoms. The maximum atomic E-state index is 11.1. The Morgan fingerprint density at radius 2 is 2.43 bits per heavy atom. The Morgan fingerprint density at radius 1 is 1.71 bits per heavy atom. The SMILES string of the molecule is CN1CCCC(N(C)CC(=O)NN)C1. The molecule has 1 heterocycles. The molecule has 1 aliphatic rings. The van der Waals surface area contributed by atoms with E-state index < -0.39 is 0 Å². The van der Waals surface area contributed by atoms with Crippen LogP contribution >= 0.6 is 0 Å². The van der Waals surface area contributed by atoms with E-state index in [1.165, 1.54) is 12.8 Å². The molecule has 0 bridgehead atoms. The molecule has 0 radical (unpaired) electrons. The lowest BCUT2D eigenvalue weighted by Gasteiger charge is -2.35. The highest BCUT2D eigenvalue weighted by molar-refractivity contribution is 5.77. The molecule has 82 valence electrons. The minimum absolute atomic E-state index is 0.124. The molecule has 1 unspecified atom stereocenters. The summed E-state index contributed by atoms with van der Waals surface area (Å²) >= 11 is 0. The average molecular weight is 200 g/mol. The van der Waals surface area contributed by atoms with Crippen LogP contribution in [0, 0.1) is 0 Å². The summed E-state index contributed by atoms with van der Waals surface area (Å²) in [6, 6.07) is 0.478. The summed E-state index contributed by atoms with van der Waals surface area (Å²) in [5, 5.41) is 0. The predicted octanol–water partition coefficient (Wildman–Crippen LogP) is -0.998. The van der Waals surface area contributed by atoms with Gasteiger partial charge in [-0.2, -0.15) is 0 Å². The second-order valence-electron chi connectivity index (χ2n) is 4.04. The third-order valence-electron chi connectivity index (χ3n) is 2.78. The number of hydrogen-bond donors (Lipinski definition) is 2. The van der Waals surface area contributed by atoms with Crippen molar-refractivity contribution in [2.24, 2.45) is 5.84 Å². The standard InChI is InChI=1S/C9H20N4O/c1-12-5-3-4-8(6-12)13(2)7-9(14)11-10/h8H,3-7,10H2,1-2H3,(H,11,14). The number of nitrogens with zero attached hydrogens (tertiary/aromatic N) is 2. The number of hydrazine groups is 1. The molecule has 0 aromatic rings. The number of nitrogens with one attached hydrogen (secondary N) is 1. The largest absolute Gasteiger partial charge is 0.305 e. The van der Waals surface area contributed by atoms with Gasteiger partial charge in [0.2, 0.25) is 5.91 Å². The molecule has 0 aromatic carbocycles. The first-order chi connectivity index (χ1) is 6.63. The summed E-state index contributed by atoms with van der Waals surface area (Å²) in [7, 11) is 4.09. The molecular formula is C9H20N4O. The molecule has 5 nitrogen and oxygen atoms in total. The maximum Gasteiger partial charge on any atom is 0.248 e. The molecule has 0 aromatic heterocycles. The number of amides is 1. The van der Waals surface area contributed by atoms with Crippen molar-refractivity contribution in [3.05, 3.63) is 0 Å². The van der Waals surface area contributed by atoms with Gasteiger partial charge in [0.05, 0.1) is 6.54 Å². The topological polar surface area (TPSA) is 61.6 Å². The summed E-state index contributed by atoms with van der Waals surface area (Å²) in [4.78, 5) is 15.4. The molecule has 1 atom stereocenters. The molecule has 0 aliphatic carbocycles. The summed E-state index contributed by atoms with van der Waals surface area (Å²) < 4.78 is 0. The zero-order chi connectivity index (χ0) is 10.6. The van der Waals surface area contributed by atoms with Gasteiger partial charge in [0.15, 0.2) is 0 Å². The molecule has 1 rings (SSSR count). The highest BCUT2D eigenvalue weighted by atomic mass is 16.2. The van der Waals surface area contributed by atoms with Gasteiger partial charge in [-0.3, -0.25) is 15.1 Å². The summed E-state index contributed by atoms with van der Waals surface area (Å²) in [5.74, 6) is 4.92. The van der Waals surface area contributed by atoms with Crippen molar-refractivity contribution in [2.75, 3.05) is 33.7 Å². The molecule has 1 amide bonds. The fraction of sp³-hybridized carbons (Fsp3) is 0.889. The Labute approximate surface area is 85.2 Å². The van der Waals surface area contributed by atoms with Crippen LogP contribution in [0.2, 0.25) is 0 Å². The first-order valence-electron chi connectivity index (χ1n) is 5.01. The highest BCUT2D eigenvalue weighted by Crippen LogP contribution is 2.12. The van der Waals surface area contributed by atoms with Crippen molar-refractivity contribution in [1.29, 1.82) is 0 Å². The van der Waals surface area contributed by atoms with E-state index >= 15 is 0 Å². The molecule has 14 heavy (non-hydrogen) atoms. The van der Waals surface area contributed by atoms with E-state index in [0.29, 0.717) is 12.6 Å². The van der Waals surface area contributed by atoms with Crippen LogP contribution in [0.25, 0.3) is 0 Å². The van der Waals surface area contributed by atoms with Crippen molar-refractivity contribution in [3.63, 3.8) is 0 Å². The third kappa shape index (κ3) is 3.25. The highest BCUT2D eigenvalue weighted by Gasteiger charge is 2.21. The predicted molar refractivity (Wildman–Crippen MR) is 55.5 cm³/mol. The number of likely N-dealkylation sites (N-methyl/N-ethyl adjacent to an activating group) is 2. The van der Waals surface area contributed by atoms with Gasteiger partial charge in [-0.15, -0.1) is 0 Å². The van der Waals surface area contributed by atoms with Crippen LogP contribution in [0.1, 0.15) is 12.8 Å². The van der Waals surface area contributed by atoms with E-state index in [4.69, 9.17) is 5.84 Å². The van der Waals surface area contributed by atoms with Crippen molar-refractivity contribution in [3.8, 4) is 0 Å². The van der Waals surface area contributed by atoms with Crippen LogP contribution < -0.4 is 11.3 Å². The maximum absolute atomic E-state index is 11.1. The fourth-order valence-electron chi connectivity index (χ4n) is 1.90. The molecule has 1 fully saturated rings. The van der Waals surface area contributed by atoms with Crippen molar-refractivity contribution >= 4 is 5.91 Å². The third-order valence-corrected chi connectivity index (χ3v) is 2.78. The number of piperidine rings is 1. The number of hydrogen-bond acceptors (Lipinski definition) is 4. The van der Waals surface area contributed by atoms with Crippen molar-refractivity contribution in [2.45, 2.75) is 18.9 Å². The Balaban J connectivity index is 2.35. The quantitative estimate of drug-likeness (QED) is 0.348. The Morgan fingerprint density at radius 3 is 3.00 bits per heavy atom. The van der Waals surface area contributed by atoms with Crippen molar-refractivity contribution in [1.82, 2.24) is 15.2 Å². The van der Waals surface area contributed by atoms with E-state index in [0.717, 1.165) is 13.1 Å². The average Bonchev–Trinajstić information content (AvgIpc) is 2.17. The normalized spacial score (nSPS) is 23.9. The molecule has 1 saturated heterocycles. The fourth-order valence-corrected chi connectivity index (χ4v) is 1.90. The van der Waals surface area contributed by atoms with Gasteiger partial charge in [0.25, 0.3) is 0 Å². The Kier molecular flexibility index (Phi) is 4.31. The zero-order valence-corrected chi connectivity index (χ0v) is 8.99. The minimum atomic E-state index is -0.124. The molecule has 1 aliphatic heterocycles. The summed E-state index contributed by atoms with van der Waals surface area (Å²) in [5.41, 5.74) is 2.15. The molecule has 5 heteroatoms. The lowest BCUT2D eigenvalue weighted by atomic mass is 10.1. The van der Waals surface area contributed by atoms with Crippen LogP contribution in [-0.4, -0.2) is 55.5 Å².